The maximum atomic E-state index is 12.9. The molecule has 0 fully saturated rings. The molecule has 0 aliphatic heterocycles. The van der Waals surface area contributed by atoms with Crippen molar-refractivity contribution in [3.8, 4) is 0 Å². The molecule has 0 saturated heterocycles. The number of hydrogen-bond acceptors (Lipinski definition) is 4. The van der Waals surface area contributed by atoms with Gasteiger partial charge < -0.3 is 19.4 Å². The van der Waals surface area contributed by atoms with E-state index >= 15 is 0 Å². The molecule has 0 bridgehead atoms. The van der Waals surface area contributed by atoms with E-state index in [1.807, 2.05) is 66.7 Å². The van der Waals surface area contributed by atoms with Gasteiger partial charge in [-0.3, -0.25) is 0 Å². The van der Waals surface area contributed by atoms with Crippen LogP contribution in [0.2, 0.25) is 0 Å². The SMILES string of the molecule is COC(=O)c1cc(C(C)(C)C)n(CC(C)C)c1C[C@H](Cc1ccccc1)NC(=O)OCc1ccccc1. The number of hydrogen-bond donors (Lipinski definition) is 1. The van der Waals surface area contributed by atoms with E-state index in [4.69, 9.17) is 9.47 Å². The summed E-state index contributed by atoms with van der Waals surface area (Å²) in [4.78, 5) is 25.8. The summed E-state index contributed by atoms with van der Waals surface area (Å²) in [6.45, 7) is 11.7. The molecule has 0 saturated carbocycles. The van der Waals surface area contributed by atoms with Gasteiger partial charge >= 0.3 is 12.1 Å². The van der Waals surface area contributed by atoms with Gasteiger partial charge in [0.05, 0.1) is 12.7 Å². The van der Waals surface area contributed by atoms with Crippen LogP contribution in [0.1, 0.15) is 67.5 Å². The Hall–Kier alpha value is -3.54. The van der Waals surface area contributed by atoms with Crippen molar-refractivity contribution < 1.29 is 19.1 Å². The summed E-state index contributed by atoms with van der Waals surface area (Å²) in [6.07, 6.45) is 0.574. The van der Waals surface area contributed by atoms with E-state index in [0.29, 0.717) is 24.3 Å². The van der Waals surface area contributed by atoms with Crippen molar-refractivity contribution in [3.05, 3.63) is 94.8 Å². The summed E-state index contributed by atoms with van der Waals surface area (Å²) in [5, 5.41) is 3.07. The Morgan fingerprint density at radius 1 is 0.919 bits per heavy atom. The first-order chi connectivity index (χ1) is 17.6. The predicted molar refractivity (Wildman–Crippen MR) is 147 cm³/mol. The van der Waals surface area contributed by atoms with Gasteiger partial charge in [0, 0.05) is 35.8 Å². The zero-order chi connectivity index (χ0) is 27.0. The Morgan fingerprint density at radius 2 is 1.51 bits per heavy atom. The smallest absolute Gasteiger partial charge is 0.407 e. The fraction of sp³-hybridized carbons (Fsp3) is 0.419. The lowest BCUT2D eigenvalue weighted by Crippen LogP contribution is -2.39. The molecule has 0 spiro atoms. The van der Waals surface area contributed by atoms with E-state index in [2.05, 4.69) is 44.5 Å². The van der Waals surface area contributed by atoms with E-state index < -0.39 is 6.09 Å². The Bertz CT molecular complexity index is 1160. The minimum Gasteiger partial charge on any atom is -0.465 e. The van der Waals surface area contributed by atoms with Crippen LogP contribution in [-0.4, -0.2) is 29.8 Å². The van der Waals surface area contributed by atoms with Crippen molar-refractivity contribution in [1.29, 1.82) is 0 Å². The van der Waals surface area contributed by atoms with Crippen LogP contribution in [0.4, 0.5) is 4.79 Å². The Kier molecular flexibility index (Phi) is 9.56. The maximum absolute atomic E-state index is 12.9. The van der Waals surface area contributed by atoms with Crippen LogP contribution in [-0.2, 0) is 40.9 Å². The molecule has 1 heterocycles. The first-order valence-corrected chi connectivity index (χ1v) is 12.9. The fourth-order valence-electron chi connectivity index (χ4n) is 4.53. The molecule has 1 N–H and O–H groups in total. The first kappa shape index (κ1) is 28.0. The molecule has 3 aromatic rings. The van der Waals surface area contributed by atoms with Crippen LogP contribution in [0.3, 0.4) is 0 Å². The van der Waals surface area contributed by atoms with Gasteiger partial charge in [-0.15, -0.1) is 0 Å². The molecular formula is C31H40N2O4. The van der Waals surface area contributed by atoms with Gasteiger partial charge in [0.2, 0.25) is 0 Å². The molecule has 0 unspecified atom stereocenters. The highest BCUT2D eigenvalue weighted by Crippen LogP contribution is 2.30. The van der Waals surface area contributed by atoms with Gasteiger partial charge in [0.15, 0.2) is 0 Å². The topological polar surface area (TPSA) is 69.6 Å². The second-order valence-electron chi connectivity index (χ2n) is 10.9. The first-order valence-electron chi connectivity index (χ1n) is 12.9. The summed E-state index contributed by atoms with van der Waals surface area (Å²) < 4.78 is 12.9. The highest BCUT2D eigenvalue weighted by atomic mass is 16.5. The summed E-state index contributed by atoms with van der Waals surface area (Å²) in [6, 6.07) is 21.3. The zero-order valence-electron chi connectivity index (χ0n) is 22.9. The van der Waals surface area contributed by atoms with Crippen LogP contribution in [0.25, 0.3) is 0 Å². The average Bonchev–Trinajstić information content (AvgIpc) is 3.21. The molecule has 6 heteroatoms. The van der Waals surface area contributed by atoms with Gasteiger partial charge in [-0.05, 0) is 29.5 Å². The van der Waals surface area contributed by atoms with Crippen LogP contribution >= 0.6 is 0 Å². The Labute approximate surface area is 221 Å². The van der Waals surface area contributed by atoms with Gasteiger partial charge in [0.1, 0.15) is 6.61 Å². The van der Waals surface area contributed by atoms with Gasteiger partial charge in [0.25, 0.3) is 0 Å². The second kappa shape index (κ2) is 12.6. The fourth-order valence-corrected chi connectivity index (χ4v) is 4.53. The van der Waals surface area contributed by atoms with E-state index in [0.717, 1.165) is 29.1 Å². The third-order valence-electron chi connectivity index (χ3n) is 6.23. The molecule has 1 atom stereocenters. The predicted octanol–water partition coefficient (Wildman–Crippen LogP) is 6.31. The Morgan fingerprint density at radius 3 is 2.05 bits per heavy atom. The lowest BCUT2D eigenvalue weighted by Gasteiger charge is -2.26. The standard InChI is InChI=1S/C31H40N2O4/c1-22(2)20-33-27(26(29(34)36-6)19-28(33)31(3,4)5)18-25(17-23-13-9-7-10-14-23)32-30(35)37-21-24-15-11-8-12-16-24/h7-16,19,22,25H,17-18,20-21H2,1-6H3,(H,32,35)/t25-/m0/s1. The molecule has 2 aromatic carbocycles. The second-order valence-corrected chi connectivity index (χ2v) is 10.9. The monoisotopic (exact) mass is 504 g/mol. The van der Waals surface area contributed by atoms with Crippen LogP contribution < -0.4 is 5.32 Å². The number of rotatable bonds is 10. The van der Waals surface area contributed by atoms with Crippen LogP contribution in [0.15, 0.2) is 66.7 Å². The number of carbonyl (C=O) groups is 2. The van der Waals surface area contributed by atoms with Gasteiger partial charge in [-0.25, -0.2) is 9.59 Å². The molecular weight excluding hydrogens is 464 g/mol. The van der Waals surface area contributed by atoms with Crippen molar-refractivity contribution in [2.24, 2.45) is 5.92 Å². The minimum absolute atomic E-state index is 0.174. The summed E-state index contributed by atoms with van der Waals surface area (Å²) in [5.41, 5.74) is 4.33. The molecule has 3 rings (SSSR count). The average molecular weight is 505 g/mol. The van der Waals surface area contributed by atoms with Crippen molar-refractivity contribution in [1.82, 2.24) is 9.88 Å². The van der Waals surface area contributed by atoms with Crippen LogP contribution in [0, 0.1) is 5.92 Å². The van der Waals surface area contributed by atoms with Gasteiger partial charge in [-0.2, -0.15) is 0 Å². The van der Waals surface area contributed by atoms with E-state index in [1.165, 1.54) is 7.11 Å². The lowest BCUT2D eigenvalue weighted by atomic mass is 9.91. The normalized spacial score (nSPS) is 12.3. The number of carbonyl (C=O) groups excluding carboxylic acids is 2. The number of esters is 1. The van der Waals surface area contributed by atoms with E-state index in [-0.39, 0.29) is 24.0 Å². The molecule has 198 valence electrons. The molecule has 0 radical (unpaired) electrons. The van der Waals surface area contributed by atoms with Crippen LogP contribution in [0.5, 0.6) is 0 Å². The largest absolute Gasteiger partial charge is 0.465 e. The number of nitrogens with zero attached hydrogens (tertiary/aromatic N) is 1. The Balaban J connectivity index is 1.95. The summed E-state index contributed by atoms with van der Waals surface area (Å²) >= 11 is 0. The zero-order valence-corrected chi connectivity index (χ0v) is 22.9. The number of amides is 1. The lowest BCUT2D eigenvalue weighted by molar-refractivity contribution is 0.0599. The number of methoxy groups -OCH3 is 1. The molecule has 1 aromatic heterocycles. The molecule has 1 amide bonds. The number of aromatic nitrogens is 1. The third-order valence-corrected chi connectivity index (χ3v) is 6.23. The molecule has 0 aliphatic carbocycles. The number of ether oxygens (including phenoxy) is 2. The molecule has 0 aliphatic rings. The number of alkyl carbamates (subject to hydrolysis) is 1. The molecule has 37 heavy (non-hydrogen) atoms. The third kappa shape index (κ3) is 7.97. The van der Waals surface area contributed by atoms with Crippen molar-refractivity contribution in [2.45, 2.75) is 72.1 Å². The number of nitrogens with one attached hydrogen (secondary N) is 1. The molecule has 6 nitrogen and oxygen atoms in total. The highest BCUT2D eigenvalue weighted by molar-refractivity contribution is 5.91. The van der Waals surface area contributed by atoms with Crippen molar-refractivity contribution in [2.75, 3.05) is 7.11 Å². The van der Waals surface area contributed by atoms with E-state index in [9.17, 15) is 9.59 Å². The van der Waals surface area contributed by atoms with E-state index in [1.54, 1.807) is 0 Å². The summed E-state index contributed by atoms with van der Waals surface area (Å²) in [5.74, 6) is 0.00207. The van der Waals surface area contributed by atoms with Crippen molar-refractivity contribution in [3.63, 3.8) is 0 Å². The number of benzene rings is 2. The highest BCUT2D eigenvalue weighted by Gasteiger charge is 2.29. The quantitative estimate of drug-likeness (QED) is 0.329. The summed E-state index contributed by atoms with van der Waals surface area (Å²) in [7, 11) is 1.41. The maximum Gasteiger partial charge on any atom is 0.407 e. The van der Waals surface area contributed by atoms with Crippen molar-refractivity contribution >= 4 is 12.1 Å². The minimum atomic E-state index is -0.484. The van der Waals surface area contributed by atoms with Gasteiger partial charge in [-0.1, -0.05) is 95.3 Å².